The summed E-state index contributed by atoms with van der Waals surface area (Å²) in [5.41, 5.74) is 0.692. The van der Waals surface area contributed by atoms with Gasteiger partial charge in [0, 0.05) is 6.42 Å². The van der Waals surface area contributed by atoms with Gasteiger partial charge in [0.2, 0.25) is 0 Å². The average Bonchev–Trinajstić information content (AvgIpc) is 2.29. The molecule has 92 valence electrons. The Morgan fingerprint density at radius 3 is 2.41 bits per heavy atom. The fourth-order valence-electron chi connectivity index (χ4n) is 1.11. The number of rotatable bonds is 4. The highest BCUT2D eigenvalue weighted by atomic mass is 32.2. The molecule has 1 amide bonds. The van der Waals surface area contributed by atoms with E-state index in [1.807, 2.05) is 0 Å². The van der Waals surface area contributed by atoms with Gasteiger partial charge in [-0.3, -0.25) is 0 Å². The molecule has 0 heterocycles. The van der Waals surface area contributed by atoms with Gasteiger partial charge >= 0.3 is 6.09 Å². The summed E-state index contributed by atoms with van der Waals surface area (Å²) in [6.45, 7) is 0. The lowest BCUT2D eigenvalue weighted by atomic mass is 10.2. The van der Waals surface area contributed by atoms with Gasteiger partial charge in [-0.15, -0.1) is 0 Å². The molecule has 0 fully saturated rings. The molecule has 0 aromatic heterocycles. The van der Waals surface area contributed by atoms with Gasteiger partial charge in [-0.05, 0) is 17.7 Å². The van der Waals surface area contributed by atoms with Gasteiger partial charge in [-0.2, -0.15) is 0 Å². The maximum absolute atomic E-state index is 11.6. The molecule has 0 saturated carbocycles. The molecule has 0 unspecified atom stereocenters. The van der Waals surface area contributed by atoms with Crippen LogP contribution in [0.4, 0.5) is 4.79 Å². The number of ether oxygens (including phenoxy) is 1. The zero-order valence-electron chi connectivity index (χ0n) is 9.04. The van der Waals surface area contributed by atoms with Crippen molar-refractivity contribution in [3.63, 3.8) is 0 Å². The van der Waals surface area contributed by atoms with Crippen LogP contribution in [0.1, 0.15) is 5.56 Å². The molecule has 1 N–H and O–H groups in total. The van der Waals surface area contributed by atoms with Crippen LogP contribution in [0.15, 0.2) is 29.2 Å². The number of methoxy groups -OCH3 is 1. The van der Waals surface area contributed by atoms with E-state index in [0.717, 1.165) is 13.4 Å². The third-order valence-corrected chi connectivity index (χ3v) is 3.28. The minimum absolute atomic E-state index is 0.0717. The number of carbonyl (C=O) groups is 2. The van der Waals surface area contributed by atoms with Crippen molar-refractivity contribution >= 4 is 22.4 Å². The predicted molar refractivity (Wildman–Crippen MR) is 58.9 cm³/mol. The summed E-state index contributed by atoms with van der Waals surface area (Å²) in [5, 5.41) is 0. The maximum atomic E-state index is 11.6. The van der Waals surface area contributed by atoms with Crippen molar-refractivity contribution in [2.75, 3.05) is 7.11 Å². The number of aldehydes is 1. The largest absolute Gasteiger partial charge is 0.452 e. The molecule has 0 spiro atoms. The molecule has 1 rings (SSSR count). The molecule has 17 heavy (non-hydrogen) atoms. The lowest BCUT2D eigenvalue weighted by Crippen LogP contribution is -2.30. The molecule has 6 nitrogen and oxygen atoms in total. The fraction of sp³-hybridized carbons (Fsp3) is 0.200. The van der Waals surface area contributed by atoms with Gasteiger partial charge in [-0.1, -0.05) is 12.1 Å². The van der Waals surface area contributed by atoms with Crippen LogP contribution in [0.3, 0.4) is 0 Å². The number of nitrogens with one attached hydrogen (secondary N) is 1. The Morgan fingerprint density at radius 2 is 1.94 bits per heavy atom. The minimum atomic E-state index is -3.92. The van der Waals surface area contributed by atoms with Crippen LogP contribution in [0.25, 0.3) is 0 Å². The van der Waals surface area contributed by atoms with Crippen LogP contribution >= 0.6 is 0 Å². The molecule has 0 atom stereocenters. The van der Waals surface area contributed by atoms with Crippen molar-refractivity contribution in [3.05, 3.63) is 29.8 Å². The van der Waals surface area contributed by atoms with E-state index in [9.17, 15) is 18.0 Å². The van der Waals surface area contributed by atoms with Gasteiger partial charge in [0.25, 0.3) is 10.0 Å². The molecule has 0 aliphatic heterocycles. The number of hydrogen-bond acceptors (Lipinski definition) is 5. The first-order valence-electron chi connectivity index (χ1n) is 4.63. The topological polar surface area (TPSA) is 89.5 Å². The lowest BCUT2D eigenvalue weighted by Gasteiger charge is -2.05. The monoisotopic (exact) mass is 257 g/mol. The summed E-state index contributed by atoms with van der Waals surface area (Å²) in [6.07, 6.45) is -0.122. The summed E-state index contributed by atoms with van der Waals surface area (Å²) < 4.78 is 29.1. The van der Waals surface area contributed by atoms with Gasteiger partial charge < -0.3 is 9.53 Å². The molecule has 0 aliphatic rings. The summed E-state index contributed by atoms with van der Waals surface area (Å²) in [7, 11) is -2.85. The van der Waals surface area contributed by atoms with Crippen molar-refractivity contribution in [1.29, 1.82) is 0 Å². The van der Waals surface area contributed by atoms with Crippen LogP contribution in [0.2, 0.25) is 0 Å². The van der Waals surface area contributed by atoms with E-state index in [4.69, 9.17) is 0 Å². The molecule has 0 aliphatic carbocycles. The van der Waals surface area contributed by atoms with E-state index in [0.29, 0.717) is 5.56 Å². The van der Waals surface area contributed by atoms with E-state index in [2.05, 4.69) is 4.74 Å². The molecule has 0 bridgehead atoms. The first-order chi connectivity index (χ1) is 7.99. The molecule has 7 heteroatoms. The smallest absolute Gasteiger partial charge is 0.420 e. The zero-order chi connectivity index (χ0) is 12.9. The van der Waals surface area contributed by atoms with Crippen LogP contribution in [0.5, 0.6) is 0 Å². The Morgan fingerprint density at radius 1 is 1.35 bits per heavy atom. The first kappa shape index (κ1) is 13.2. The van der Waals surface area contributed by atoms with E-state index < -0.39 is 16.1 Å². The average molecular weight is 257 g/mol. The summed E-state index contributed by atoms with van der Waals surface area (Å²) >= 11 is 0. The van der Waals surface area contributed by atoms with Crippen molar-refractivity contribution in [2.45, 2.75) is 11.3 Å². The zero-order valence-corrected chi connectivity index (χ0v) is 9.86. The van der Waals surface area contributed by atoms with Crippen molar-refractivity contribution < 1.29 is 22.7 Å². The molecule has 0 radical (unpaired) electrons. The Kier molecular flexibility index (Phi) is 4.22. The van der Waals surface area contributed by atoms with Crippen LogP contribution in [-0.4, -0.2) is 27.9 Å². The normalized spacial score (nSPS) is 10.6. The number of hydrogen-bond donors (Lipinski definition) is 1. The number of benzene rings is 1. The lowest BCUT2D eigenvalue weighted by molar-refractivity contribution is -0.107. The number of sulfonamides is 1. The third kappa shape index (κ3) is 3.56. The van der Waals surface area contributed by atoms with Gasteiger partial charge in [0.15, 0.2) is 0 Å². The quantitative estimate of drug-likeness (QED) is 0.792. The maximum Gasteiger partial charge on any atom is 0.420 e. The van der Waals surface area contributed by atoms with Crippen molar-refractivity contribution in [3.8, 4) is 0 Å². The van der Waals surface area contributed by atoms with E-state index in [-0.39, 0.29) is 11.3 Å². The van der Waals surface area contributed by atoms with Crippen LogP contribution in [-0.2, 0) is 26.0 Å². The minimum Gasteiger partial charge on any atom is -0.452 e. The van der Waals surface area contributed by atoms with Crippen LogP contribution < -0.4 is 4.72 Å². The summed E-state index contributed by atoms with van der Waals surface area (Å²) in [5.74, 6) is 0. The Bertz CT molecular complexity index is 506. The Balaban J connectivity index is 2.92. The molecule has 0 saturated heterocycles. The van der Waals surface area contributed by atoms with E-state index >= 15 is 0 Å². The Hall–Kier alpha value is -1.89. The third-order valence-electron chi connectivity index (χ3n) is 1.96. The molecule has 1 aromatic carbocycles. The number of amides is 1. The Labute approximate surface area is 98.6 Å². The van der Waals surface area contributed by atoms with Crippen molar-refractivity contribution in [2.24, 2.45) is 0 Å². The van der Waals surface area contributed by atoms with E-state index in [1.54, 1.807) is 4.72 Å². The second-order valence-electron chi connectivity index (χ2n) is 3.11. The van der Waals surface area contributed by atoms with Gasteiger partial charge in [-0.25, -0.2) is 17.9 Å². The summed E-state index contributed by atoms with van der Waals surface area (Å²) in [6, 6.07) is 5.62. The fourth-order valence-corrected chi connectivity index (χ4v) is 2.03. The summed E-state index contributed by atoms with van der Waals surface area (Å²) in [4.78, 5) is 21.0. The van der Waals surface area contributed by atoms with E-state index in [1.165, 1.54) is 24.3 Å². The van der Waals surface area contributed by atoms with Crippen molar-refractivity contribution in [1.82, 2.24) is 4.72 Å². The van der Waals surface area contributed by atoms with Gasteiger partial charge in [0.05, 0.1) is 12.0 Å². The first-order valence-corrected chi connectivity index (χ1v) is 6.11. The second-order valence-corrected chi connectivity index (χ2v) is 4.79. The highest BCUT2D eigenvalue weighted by Crippen LogP contribution is 2.10. The highest BCUT2D eigenvalue weighted by Gasteiger charge is 2.17. The van der Waals surface area contributed by atoms with Gasteiger partial charge in [0.1, 0.15) is 6.29 Å². The molecular weight excluding hydrogens is 246 g/mol. The SMILES string of the molecule is COC(=O)NS(=O)(=O)c1ccc(CC=O)cc1. The van der Waals surface area contributed by atoms with Crippen LogP contribution in [0, 0.1) is 0 Å². The standard InChI is InChI=1S/C10H11NO5S/c1-16-10(13)11-17(14,15)9-4-2-8(3-5-9)6-7-12/h2-5,7H,6H2,1H3,(H,11,13). The number of carbonyl (C=O) groups excluding carboxylic acids is 2. The predicted octanol–water partition coefficient (Wildman–Crippen LogP) is 0.473. The molecule has 1 aromatic rings. The highest BCUT2D eigenvalue weighted by molar-refractivity contribution is 7.90. The molecular formula is C10H11NO5S. The second kappa shape index (κ2) is 5.44.